The van der Waals surface area contributed by atoms with Gasteiger partial charge in [-0.2, -0.15) is 15.3 Å². The summed E-state index contributed by atoms with van der Waals surface area (Å²) in [6, 6.07) is 16.1. The number of nitriles is 1. The van der Waals surface area contributed by atoms with Crippen LogP contribution in [0.15, 0.2) is 67.3 Å². The number of hydrogen-bond acceptors (Lipinski definition) is 9. The fraction of sp³-hybridized carbons (Fsp3) is 0.429. The van der Waals surface area contributed by atoms with Gasteiger partial charge in [-0.15, -0.1) is 0 Å². The maximum absolute atomic E-state index is 13.8. The molecule has 3 aliphatic rings. The molecule has 47 heavy (non-hydrogen) atoms. The fourth-order valence-electron chi connectivity index (χ4n) is 7.00. The molecule has 2 saturated heterocycles. The largest absolute Gasteiger partial charge is 0.373 e. The highest BCUT2D eigenvalue weighted by Gasteiger charge is 2.43. The average Bonchev–Trinajstić information content (AvgIpc) is 3.54. The molecule has 1 unspecified atom stereocenters. The number of benzene rings is 1. The molecule has 0 radical (unpaired) electrons. The Bertz CT molecular complexity index is 1720. The van der Waals surface area contributed by atoms with Crippen molar-refractivity contribution in [3.63, 3.8) is 0 Å². The highest BCUT2D eigenvalue weighted by atomic mass is 16.5. The first-order valence-electron chi connectivity index (χ1n) is 16.5. The number of nitrogens with one attached hydrogen (secondary N) is 2. The number of amides is 2. The highest BCUT2D eigenvalue weighted by Crippen LogP contribution is 2.37. The predicted octanol–water partition coefficient (Wildman–Crippen LogP) is 5.04. The third kappa shape index (κ3) is 6.76. The maximum Gasteiger partial charge on any atom is 0.323 e. The Morgan fingerprint density at radius 1 is 1.06 bits per heavy atom. The molecule has 7 rings (SSSR count). The predicted molar refractivity (Wildman–Crippen MR) is 179 cm³/mol. The summed E-state index contributed by atoms with van der Waals surface area (Å²) in [4.78, 5) is 31.8. The van der Waals surface area contributed by atoms with Gasteiger partial charge in [-0.1, -0.05) is 30.3 Å². The molecular weight excluding hydrogens is 592 g/mol. The number of aromatic nitrogens is 5. The second-order valence-electron chi connectivity index (χ2n) is 12.8. The van der Waals surface area contributed by atoms with Crippen molar-refractivity contribution in [1.29, 1.82) is 5.26 Å². The van der Waals surface area contributed by atoms with Crippen molar-refractivity contribution < 1.29 is 9.53 Å². The lowest BCUT2D eigenvalue weighted by atomic mass is 9.86. The van der Waals surface area contributed by atoms with Crippen LogP contribution in [-0.4, -0.2) is 68.1 Å². The van der Waals surface area contributed by atoms with Gasteiger partial charge in [-0.05, 0) is 56.2 Å². The van der Waals surface area contributed by atoms with Crippen molar-refractivity contribution >= 4 is 23.6 Å². The number of nitrogens with zero attached hydrogens (tertiary/aromatic N) is 8. The van der Waals surface area contributed by atoms with E-state index in [1.54, 1.807) is 17.1 Å². The van der Waals surface area contributed by atoms with Gasteiger partial charge in [0.2, 0.25) is 5.95 Å². The van der Waals surface area contributed by atoms with Crippen molar-refractivity contribution in [3.8, 4) is 17.2 Å². The molecular formula is C35H40N10O2. The molecule has 1 aliphatic carbocycles. The van der Waals surface area contributed by atoms with Crippen molar-refractivity contribution in [1.82, 2.24) is 30.0 Å². The van der Waals surface area contributed by atoms with Crippen LogP contribution in [-0.2, 0) is 18.3 Å². The number of aryl methyl sites for hydroxylation is 1. The SMILES string of the molecule is Cn1cc(-c2ccc(N(C(=O)NCc3ccccc3)[C@H]3CC[C@H](Nc4ncc(C#N)c(N5CCCC6(CCO6)C5)n4)CC3)nc2)cn1. The molecule has 242 valence electrons. The van der Waals surface area contributed by atoms with E-state index in [-0.39, 0.29) is 23.7 Å². The van der Waals surface area contributed by atoms with Gasteiger partial charge >= 0.3 is 6.03 Å². The number of piperidine rings is 1. The van der Waals surface area contributed by atoms with Crippen LogP contribution in [0.2, 0.25) is 0 Å². The van der Waals surface area contributed by atoms with Crippen LogP contribution in [0.25, 0.3) is 11.1 Å². The Hall–Kier alpha value is -5.02. The van der Waals surface area contributed by atoms with Crippen LogP contribution in [0, 0.1) is 11.3 Å². The zero-order valence-electron chi connectivity index (χ0n) is 26.7. The summed E-state index contributed by atoms with van der Waals surface area (Å²) in [7, 11) is 1.88. The number of hydrogen-bond donors (Lipinski definition) is 2. The molecule has 1 atom stereocenters. The van der Waals surface area contributed by atoms with Crippen LogP contribution < -0.4 is 20.4 Å². The number of ether oxygens (including phenoxy) is 1. The third-order valence-corrected chi connectivity index (χ3v) is 9.63. The molecule has 3 fully saturated rings. The molecule has 5 heterocycles. The molecule has 1 saturated carbocycles. The molecule has 1 spiro atoms. The minimum absolute atomic E-state index is 0.0231. The first-order chi connectivity index (χ1) is 23.0. The quantitative estimate of drug-likeness (QED) is 0.274. The van der Waals surface area contributed by atoms with E-state index in [1.165, 1.54) is 0 Å². The molecule has 2 N–H and O–H groups in total. The lowest BCUT2D eigenvalue weighted by Crippen LogP contribution is -2.56. The van der Waals surface area contributed by atoms with Crippen LogP contribution in [0.4, 0.5) is 22.4 Å². The van der Waals surface area contributed by atoms with E-state index in [9.17, 15) is 10.1 Å². The fourth-order valence-corrected chi connectivity index (χ4v) is 7.00. The smallest absolute Gasteiger partial charge is 0.323 e. The van der Waals surface area contributed by atoms with Crippen molar-refractivity contribution in [3.05, 3.63) is 78.4 Å². The molecule has 1 aromatic carbocycles. The van der Waals surface area contributed by atoms with Crippen LogP contribution in [0.1, 0.15) is 56.1 Å². The van der Waals surface area contributed by atoms with Gasteiger partial charge in [0.25, 0.3) is 0 Å². The van der Waals surface area contributed by atoms with Gasteiger partial charge in [0.1, 0.15) is 17.5 Å². The van der Waals surface area contributed by atoms with E-state index in [4.69, 9.17) is 14.7 Å². The Balaban J connectivity index is 1.04. The van der Waals surface area contributed by atoms with Gasteiger partial charge in [-0.3, -0.25) is 9.58 Å². The van der Waals surface area contributed by atoms with Gasteiger partial charge in [0.05, 0.1) is 24.6 Å². The molecule has 12 heteroatoms. The van der Waals surface area contributed by atoms with Crippen LogP contribution >= 0.6 is 0 Å². The summed E-state index contributed by atoms with van der Waals surface area (Å²) in [5, 5.41) is 20.7. The number of anilines is 3. The Kier molecular flexibility index (Phi) is 8.72. The van der Waals surface area contributed by atoms with E-state index in [2.05, 4.69) is 31.7 Å². The van der Waals surface area contributed by atoms with Gasteiger partial charge in [0.15, 0.2) is 5.82 Å². The van der Waals surface area contributed by atoms with Crippen molar-refractivity contribution in [2.24, 2.45) is 7.05 Å². The lowest BCUT2D eigenvalue weighted by Gasteiger charge is -2.48. The minimum atomic E-state index is -0.165. The third-order valence-electron chi connectivity index (χ3n) is 9.63. The molecule has 0 bridgehead atoms. The normalized spacial score (nSPS) is 22.3. The zero-order valence-corrected chi connectivity index (χ0v) is 26.7. The minimum Gasteiger partial charge on any atom is -0.373 e. The first-order valence-corrected chi connectivity index (χ1v) is 16.5. The zero-order chi connectivity index (χ0) is 32.2. The summed E-state index contributed by atoms with van der Waals surface area (Å²) in [6.07, 6.45) is 13.5. The van der Waals surface area contributed by atoms with E-state index >= 15 is 0 Å². The summed E-state index contributed by atoms with van der Waals surface area (Å²) >= 11 is 0. The molecule has 3 aromatic heterocycles. The summed E-state index contributed by atoms with van der Waals surface area (Å²) in [5.74, 6) is 1.83. The van der Waals surface area contributed by atoms with E-state index in [0.717, 1.165) is 81.3 Å². The first kappa shape index (κ1) is 30.6. The Morgan fingerprint density at radius 3 is 2.57 bits per heavy atom. The highest BCUT2D eigenvalue weighted by molar-refractivity contribution is 5.91. The van der Waals surface area contributed by atoms with E-state index in [0.29, 0.717) is 29.7 Å². The molecule has 2 aliphatic heterocycles. The maximum atomic E-state index is 13.8. The van der Waals surface area contributed by atoms with Crippen LogP contribution in [0.3, 0.4) is 0 Å². The van der Waals surface area contributed by atoms with E-state index in [1.807, 2.05) is 66.8 Å². The van der Waals surface area contributed by atoms with Gasteiger partial charge < -0.3 is 20.3 Å². The molecule has 12 nitrogen and oxygen atoms in total. The number of urea groups is 1. The summed E-state index contributed by atoms with van der Waals surface area (Å²) in [6.45, 7) is 2.84. The second kappa shape index (κ2) is 13.4. The Morgan fingerprint density at radius 2 is 1.89 bits per heavy atom. The monoisotopic (exact) mass is 632 g/mol. The van der Waals surface area contributed by atoms with Gasteiger partial charge in [-0.25, -0.2) is 14.8 Å². The summed E-state index contributed by atoms with van der Waals surface area (Å²) < 4.78 is 7.71. The topological polar surface area (TPSA) is 137 Å². The number of rotatable bonds is 8. The number of carbonyl (C=O) groups is 1. The second-order valence-corrected chi connectivity index (χ2v) is 12.8. The van der Waals surface area contributed by atoms with Crippen LogP contribution in [0.5, 0.6) is 0 Å². The Labute approximate surface area is 274 Å². The van der Waals surface area contributed by atoms with Gasteiger partial charge in [0, 0.05) is 68.7 Å². The lowest BCUT2D eigenvalue weighted by molar-refractivity contribution is -0.151. The van der Waals surface area contributed by atoms with Crippen molar-refractivity contribution in [2.75, 3.05) is 34.8 Å². The number of carbonyl (C=O) groups excluding carboxylic acids is 1. The molecule has 2 amide bonds. The summed E-state index contributed by atoms with van der Waals surface area (Å²) in [5.41, 5.74) is 3.34. The number of pyridine rings is 1. The molecule has 4 aromatic rings. The van der Waals surface area contributed by atoms with Crippen molar-refractivity contribution in [2.45, 2.75) is 69.2 Å². The average molecular weight is 633 g/mol. The standard InChI is InChI=1S/C35H40N10O2/c1-43-23-28(22-40-43)26-8-13-31(37-20-26)45(34(46)39-19-25-6-3-2-4-7-25)30-11-9-29(10-12-30)41-33-38-21-27(18-36)32(42-33)44-16-5-14-35(24-44)15-17-47-35/h2-4,6-8,13,20-23,29-30H,5,9-12,14-17,19,24H2,1H3,(H,39,46)(H,38,41,42)/t29-,30-,35?. The van der Waals surface area contributed by atoms with E-state index < -0.39 is 0 Å².